The van der Waals surface area contributed by atoms with E-state index in [0.717, 1.165) is 0 Å². The van der Waals surface area contributed by atoms with Crippen LogP contribution in [0.25, 0.3) is 0 Å². The minimum atomic E-state index is -0.883. The molecular formula is C5H7Cl2NO. The molecule has 1 fully saturated rings. The van der Waals surface area contributed by atoms with Crippen LogP contribution in [0.5, 0.6) is 0 Å². The molecule has 0 spiro atoms. The van der Waals surface area contributed by atoms with Gasteiger partial charge in [-0.1, -0.05) is 6.92 Å². The van der Waals surface area contributed by atoms with Crippen molar-refractivity contribution in [2.45, 2.75) is 11.3 Å². The van der Waals surface area contributed by atoms with Crippen molar-refractivity contribution in [3.05, 3.63) is 0 Å². The molecule has 2 N–H and O–H groups in total. The molecule has 0 aromatic carbocycles. The van der Waals surface area contributed by atoms with Gasteiger partial charge in [0.1, 0.15) is 4.33 Å². The average Bonchev–Trinajstić information content (AvgIpc) is 2.07. The summed E-state index contributed by atoms with van der Waals surface area (Å²) >= 11 is 11.2. The Morgan fingerprint density at radius 3 is 2.00 bits per heavy atom. The topological polar surface area (TPSA) is 43.1 Å². The molecule has 52 valence electrons. The van der Waals surface area contributed by atoms with Crippen LogP contribution in [0.15, 0.2) is 0 Å². The van der Waals surface area contributed by atoms with Crippen LogP contribution in [0.2, 0.25) is 0 Å². The third-order valence-corrected chi connectivity index (χ3v) is 2.88. The van der Waals surface area contributed by atoms with Gasteiger partial charge in [0.05, 0.1) is 5.92 Å². The highest BCUT2D eigenvalue weighted by molar-refractivity contribution is 6.52. The first-order valence-corrected chi connectivity index (χ1v) is 3.40. The summed E-state index contributed by atoms with van der Waals surface area (Å²) in [6.45, 7) is 1.80. The lowest BCUT2D eigenvalue weighted by Gasteiger charge is -1.90. The van der Waals surface area contributed by atoms with Crippen molar-refractivity contribution in [1.82, 2.24) is 0 Å². The largest absolute Gasteiger partial charge is 0.369 e. The number of alkyl halides is 2. The first-order valence-electron chi connectivity index (χ1n) is 2.65. The van der Waals surface area contributed by atoms with E-state index in [-0.39, 0.29) is 11.8 Å². The molecule has 0 radical (unpaired) electrons. The van der Waals surface area contributed by atoms with Gasteiger partial charge in [-0.2, -0.15) is 0 Å². The molecule has 1 rings (SSSR count). The third-order valence-electron chi connectivity index (χ3n) is 1.72. The minimum Gasteiger partial charge on any atom is -0.369 e. The van der Waals surface area contributed by atoms with E-state index in [2.05, 4.69) is 0 Å². The molecular weight excluding hydrogens is 161 g/mol. The highest BCUT2D eigenvalue weighted by Gasteiger charge is 2.63. The monoisotopic (exact) mass is 167 g/mol. The van der Waals surface area contributed by atoms with Gasteiger partial charge in [0.2, 0.25) is 5.91 Å². The van der Waals surface area contributed by atoms with Gasteiger partial charge in [-0.05, 0) is 0 Å². The first-order chi connectivity index (χ1) is 3.98. The molecule has 0 aromatic heterocycles. The van der Waals surface area contributed by atoms with Crippen molar-refractivity contribution >= 4 is 29.1 Å². The predicted octanol–water partition coefficient (Wildman–Crippen LogP) is 0.911. The van der Waals surface area contributed by atoms with Gasteiger partial charge >= 0.3 is 0 Å². The van der Waals surface area contributed by atoms with Gasteiger partial charge in [-0.15, -0.1) is 23.2 Å². The molecule has 0 aliphatic heterocycles. The summed E-state index contributed by atoms with van der Waals surface area (Å²) in [5, 5.41) is 0. The van der Waals surface area contributed by atoms with Crippen LogP contribution in [-0.4, -0.2) is 10.2 Å². The van der Waals surface area contributed by atoms with Crippen molar-refractivity contribution in [1.29, 1.82) is 0 Å². The fourth-order valence-corrected chi connectivity index (χ4v) is 1.63. The van der Waals surface area contributed by atoms with Crippen LogP contribution in [0, 0.1) is 11.8 Å². The molecule has 9 heavy (non-hydrogen) atoms. The van der Waals surface area contributed by atoms with Crippen LogP contribution < -0.4 is 5.73 Å². The Labute approximate surface area is 63.3 Å². The van der Waals surface area contributed by atoms with E-state index in [9.17, 15) is 4.79 Å². The molecule has 1 saturated carbocycles. The zero-order valence-corrected chi connectivity index (χ0v) is 6.41. The molecule has 1 aliphatic carbocycles. The highest BCUT2D eigenvalue weighted by atomic mass is 35.5. The summed E-state index contributed by atoms with van der Waals surface area (Å²) in [7, 11) is 0. The predicted molar refractivity (Wildman–Crippen MR) is 36.3 cm³/mol. The van der Waals surface area contributed by atoms with Crippen LogP contribution in [0.4, 0.5) is 0 Å². The summed E-state index contributed by atoms with van der Waals surface area (Å²) in [6, 6.07) is 0. The Kier molecular flexibility index (Phi) is 1.41. The summed E-state index contributed by atoms with van der Waals surface area (Å²) < 4.78 is -0.883. The van der Waals surface area contributed by atoms with Crippen molar-refractivity contribution in [2.24, 2.45) is 17.6 Å². The van der Waals surface area contributed by atoms with Gasteiger partial charge in [0.25, 0.3) is 0 Å². The maximum absolute atomic E-state index is 10.4. The summed E-state index contributed by atoms with van der Waals surface area (Å²) in [5.74, 6) is -0.744. The summed E-state index contributed by atoms with van der Waals surface area (Å²) in [5.41, 5.74) is 4.96. The Balaban J connectivity index is 2.62. The molecule has 2 atom stereocenters. The molecule has 1 amide bonds. The van der Waals surface area contributed by atoms with Crippen LogP contribution in [0.3, 0.4) is 0 Å². The van der Waals surface area contributed by atoms with E-state index in [4.69, 9.17) is 28.9 Å². The van der Waals surface area contributed by atoms with E-state index >= 15 is 0 Å². The van der Waals surface area contributed by atoms with Gasteiger partial charge in [0, 0.05) is 5.92 Å². The zero-order chi connectivity index (χ0) is 7.23. The van der Waals surface area contributed by atoms with Gasteiger partial charge in [-0.25, -0.2) is 0 Å². The lowest BCUT2D eigenvalue weighted by atomic mass is 10.3. The summed E-state index contributed by atoms with van der Waals surface area (Å²) in [6.07, 6.45) is 0. The smallest absolute Gasteiger partial charge is 0.223 e. The number of nitrogens with two attached hydrogens (primary N) is 1. The fourth-order valence-electron chi connectivity index (χ4n) is 0.916. The molecule has 0 unspecified atom stereocenters. The zero-order valence-electron chi connectivity index (χ0n) is 4.90. The minimum absolute atomic E-state index is 0.0123. The Bertz CT molecular complexity index is 157. The van der Waals surface area contributed by atoms with E-state index < -0.39 is 10.2 Å². The van der Waals surface area contributed by atoms with E-state index in [0.29, 0.717) is 0 Å². The molecule has 0 heterocycles. The maximum atomic E-state index is 10.4. The second-order valence-electron chi connectivity index (χ2n) is 2.34. The second kappa shape index (κ2) is 1.77. The summed E-state index contributed by atoms with van der Waals surface area (Å²) in [4.78, 5) is 10.4. The number of carbonyl (C=O) groups is 1. The number of hydrogen-bond acceptors (Lipinski definition) is 1. The molecule has 2 nitrogen and oxygen atoms in total. The number of halogens is 2. The van der Waals surface area contributed by atoms with Crippen LogP contribution in [0.1, 0.15) is 6.92 Å². The normalized spacial score (nSPS) is 38.1. The van der Waals surface area contributed by atoms with E-state index in [1.165, 1.54) is 0 Å². The molecule has 4 heteroatoms. The number of hydrogen-bond donors (Lipinski definition) is 1. The maximum Gasteiger partial charge on any atom is 0.223 e. The van der Waals surface area contributed by atoms with Gasteiger partial charge in [-0.3, -0.25) is 4.79 Å². The molecule has 0 bridgehead atoms. The van der Waals surface area contributed by atoms with Crippen LogP contribution >= 0.6 is 23.2 Å². The molecule has 0 aromatic rings. The van der Waals surface area contributed by atoms with Gasteiger partial charge in [0.15, 0.2) is 0 Å². The first kappa shape index (κ1) is 7.16. The van der Waals surface area contributed by atoms with Crippen molar-refractivity contribution < 1.29 is 4.79 Å². The lowest BCUT2D eigenvalue weighted by Crippen LogP contribution is -2.16. The quantitative estimate of drug-likeness (QED) is 0.581. The fraction of sp³-hybridized carbons (Fsp3) is 0.800. The van der Waals surface area contributed by atoms with E-state index in [1.54, 1.807) is 6.92 Å². The standard InChI is InChI=1S/C5H7Cl2NO/c1-2-3(4(8)9)5(2,6)7/h2-3H,1H3,(H2,8,9)/t2-,3+/m1/s1. The Morgan fingerprint density at radius 2 is 2.00 bits per heavy atom. The lowest BCUT2D eigenvalue weighted by molar-refractivity contribution is -0.119. The Hall–Kier alpha value is 0.0500. The van der Waals surface area contributed by atoms with Crippen molar-refractivity contribution in [3.63, 3.8) is 0 Å². The number of rotatable bonds is 1. The third kappa shape index (κ3) is 0.904. The molecule has 1 aliphatic rings. The van der Waals surface area contributed by atoms with E-state index in [1.807, 2.05) is 0 Å². The highest BCUT2D eigenvalue weighted by Crippen LogP contribution is 2.58. The van der Waals surface area contributed by atoms with Crippen molar-refractivity contribution in [3.8, 4) is 0 Å². The Morgan fingerprint density at radius 1 is 1.67 bits per heavy atom. The van der Waals surface area contributed by atoms with Crippen LogP contribution in [-0.2, 0) is 4.79 Å². The van der Waals surface area contributed by atoms with Gasteiger partial charge < -0.3 is 5.73 Å². The SMILES string of the molecule is C[C@@H]1[C@@H](C(N)=O)C1(Cl)Cl. The number of carbonyl (C=O) groups excluding carboxylic acids is 1. The second-order valence-corrected chi connectivity index (χ2v) is 3.79. The average molecular weight is 168 g/mol. The molecule has 0 saturated heterocycles. The van der Waals surface area contributed by atoms with Crippen molar-refractivity contribution in [2.75, 3.05) is 0 Å². The number of amides is 1. The number of primary amides is 1.